The third-order valence-corrected chi connectivity index (χ3v) is 5.66. The van der Waals surface area contributed by atoms with Gasteiger partial charge in [0.25, 0.3) is 0 Å². The number of quaternary nitrogens is 1. The molecule has 1 saturated heterocycles. The van der Waals surface area contributed by atoms with Crippen LogP contribution < -0.4 is 0 Å². The zero-order valence-corrected chi connectivity index (χ0v) is 16.0. The maximum absolute atomic E-state index is 6.26. The number of aromatic nitrogens is 2. The Bertz CT molecular complexity index is 900. The second-order valence-electron chi connectivity index (χ2n) is 7.65. The molecule has 2 heterocycles. The first-order valence-electron chi connectivity index (χ1n) is 9.48. The summed E-state index contributed by atoms with van der Waals surface area (Å²) in [6.07, 6.45) is 5.29. The van der Waals surface area contributed by atoms with Crippen LogP contribution in [-0.2, 0) is 6.54 Å². The van der Waals surface area contributed by atoms with Crippen LogP contribution in [0.1, 0.15) is 31.5 Å². The van der Waals surface area contributed by atoms with E-state index in [4.69, 9.17) is 21.6 Å². The molecule has 2 aromatic carbocycles. The normalized spacial score (nSPS) is 17.2. The SMILES string of the molecule is C[N+]1(Cc2nc(-c3ccccc3)c3cc(Cl)ccc3n2)CCCCCC1. The summed E-state index contributed by atoms with van der Waals surface area (Å²) < 4.78 is 1.04. The molecule has 1 aromatic heterocycles. The van der Waals surface area contributed by atoms with E-state index in [2.05, 4.69) is 31.3 Å². The molecule has 26 heavy (non-hydrogen) atoms. The Balaban J connectivity index is 1.80. The lowest BCUT2D eigenvalue weighted by molar-refractivity contribution is -0.922. The van der Waals surface area contributed by atoms with Crippen molar-refractivity contribution in [3.05, 3.63) is 59.4 Å². The zero-order valence-electron chi connectivity index (χ0n) is 15.3. The van der Waals surface area contributed by atoms with Crippen molar-refractivity contribution in [3.63, 3.8) is 0 Å². The number of benzene rings is 2. The van der Waals surface area contributed by atoms with Crippen molar-refractivity contribution in [2.75, 3.05) is 20.1 Å². The van der Waals surface area contributed by atoms with Gasteiger partial charge in [0.15, 0.2) is 5.82 Å². The highest BCUT2D eigenvalue weighted by Crippen LogP contribution is 2.29. The van der Waals surface area contributed by atoms with Crippen molar-refractivity contribution in [3.8, 4) is 11.3 Å². The van der Waals surface area contributed by atoms with Gasteiger partial charge >= 0.3 is 0 Å². The minimum absolute atomic E-state index is 0.720. The van der Waals surface area contributed by atoms with Crippen molar-refractivity contribution < 1.29 is 4.48 Å². The Morgan fingerprint density at radius 2 is 1.65 bits per heavy atom. The first kappa shape index (κ1) is 17.4. The number of nitrogens with zero attached hydrogens (tertiary/aromatic N) is 3. The fourth-order valence-corrected chi connectivity index (χ4v) is 4.16. The van der Waals surface area contributed by atoms with Gasteiger partial charge < -0.3 is 4.48 Å². The van der Waals surface area contributed by atoms with Crippen molar-refractivity contribution in [2.24, 2.45) is 0 Å². The van der Waals surface area contributed by atoms with E-state index in [-0.39, 0.29) is 0 Å². The minimum atomic E-state index is 0.720. The van der Waals surface area contributed by atoms with Crippen molar-refractivity contribution in [1.82, 2.24) is 9.97 Å². The van der Waals surface area contributed by atoms with E-state index >= 15 is 0 Å². The van der Waals surface area contributed by atoms with Crippen molar-refractivity contribution in [2.45, 2.75) is 32.2 Å². The van der Waals surface area contributed by atoms with Gasteiger partial charge in [-0.05, 0) is 43.9 Å². The molecule has 0 saturated carbocycles. The van der Waals surface area contributed by atoms with E-state index in [1.54, 1.807) is 0 Å². The Morgan fingerprint density at radius 3 is 2.38 bits per heavy atom. The van der Waals surface area contributed by atoms with Gasteiger partial charge in [0, 0.05) is 16.0 Å². The lowest BCUT2D eigenvalue weighted by atomic mass is 10.1. The van der Waals surface area contributed by atoms with E-state index in [0.29, 0.717) is 0 Å². The monoisotopic (exact) mass is 366 g/mol. The molecule has 0 bridgehead atoms. The van der Waals surface area contributed by atoms with E-state index in [0.717, 1.165) is 44.0 Å². The van der Waals surface area contributed by atoms with E-state index in [1.165, 1.54) is 38.8 Å². The molecule has 3 nitrogen and oxygen atoms in total. The molecule has 0 N–H and O–H groups in total. The molecule has 3 aromatic rings. The maximum atomic E-state index is 6.26. The Kier molecular flexibility index (Phi) is 4.92. The summed E-state index contributed by atoms with van der Waals surface area (Å²) >= 11 is 6.26. The van der Waals surface area contributed by atoms with Gasteiger partial charge in [0.05, 0.1) is 31.3 Å². The molecular weight excluding hydrogens is 342 g/mol. The number of hydrogen-bond acceptors (Lipinski definition) is 2. The van der Waals surface area contributed by atoms with Gasteiger partial charge in [-0.3, -0.25) is 0 Å². The highest BCUT2D eigenvalue weighted by molar-refractivity contribution is 6.31. The van der Waals surface area contributed by atoms with E-state index < -0.39 is 0 Å². The van der Waals surface area contributed by atoms with Crippen molar-refractivity contribution >= 4 is 22.5 Å². The summed E-state index contributed by atoms with van der Waals surface area (Å²) in [5, 5.41) is 1.74. The molecule has 4 heteroatoms. The van der Waals surface area contributed by atoms with E-state index in [1.807, 2.05) is 24.3 Å². The third kappa shape index (κ3) is 3.74. The summed E-state index contributed by atoms with van der Waals surface area (Å²) in [5.74, 6) is 0.933. The number of hydrogen-bond donors (Lipinski definition) is 0. The predicted octanol–water partition coefficient (Wildman–Crippen LogP) is 5.47. The van der Waals surface area contributed by atoms with Crippen LogP contribution >= 0.6 is 11.6 Å². The van der Waals surface area contributed by atoms with Gasteiger partial charge in [-0.15, -0.1) is 0 Å². The van der Waals surface area contributed by atoms with Gasteiger partial charge in [0.2, 0.25) is 0 Å². The summed E-state index contributed by atoms with van der Waals surface area (Å²) in [4.78, 5) is 9.88. The van der Waals surface area contributed by atoms with Crippen LogP contribution in [0.4, 0.5) is 0 Å². The molecule has 0 amide bonds. The zero-order chi connectivity index (χ0) is 18.0. The van der Waals surface area contributed by atoms with Crippen LogP contribution in [0.5, 0.6) is 0 Å². The Hall–Kier alpha value is -1.97. The van der Waals surface area contributed by atoms with Gasteiger partial charge in [-0.1, -0.05) is 41.9 Å². The molecule has 0 unspecified atom stereocenters. The second kappa shape index (κ2) is 7.34. The second-order valence-corrected chi connectivity index (χ2v) is 8.09. The first-order valence-corrected chi connectivity index (χ1v) is 9.86. The molecule has 0 aliphatic carbocycles. The first-order chi connectivity index (χ1) is 12.6. The topological polar surface area (TPSA) is 25.8 Å². The van der Waals surface area contributed by atoms with Crippen LogP contribution in [0.15, 0.2) is 48.5 Å². The van der Waals surface area contributed by atoms with Crippen LogP contribution in [-0.4, -0.2) is 34.6 Å². The van der Waals surface area contributed by atoms with Crippen LogP contribution in [0, 0.1) is 0 Å². The van der Waals surface area contributed by atoms with Crippen LogP contribution in [0.2, 0.25) is 5.02 Å². The molecular formula is C22H25ClN3+. The summed E-state index contributed by atoms with van der Waals surface area (Å²) in [5.41, 5.74) is 3.07. The lowest BCUT2D eigenvalue weighted by Gasteiger charge is -2.32. The largest absolute Gasteiger partial charge is 0.320 e. The molecule has 1 fully saturated rings. The fourth-order valence-electron chi connectivity index (χ4n) is 3.99. The van der Waals surface area contributed by atoms with Crippen LogP contribution in [0.3, 0.4) is 0 Å². The number of likely N-dealkylation sites (tertiary alicyclic amines) is 1. The van der Waals surface area contributed by atoms with Crippen LogP contribution in [0.25, 0.3) is 22.2 Å². The highest BCUT2D eigenvalue weighted by atomic mass is 35.5. The molecule has 134 valence electrons. The maximum Gasteiger partial charge on any atom is 0.184 e. The van der Waals surface area contributed by atoms with Gasteiger partial charge in [-0.25, -0.2) is 9.97 Å². The average Bonchev–Trinajstić information content (AvgIpc) is 2.86. The molecule has 0 spiro atoms. The van der Waals surface area contributed by atoms with E-state index in [9.17, 15) is 0 Å². The summed E-state index contributed by atoms with van der Waals surface area (Å²) in [6.45, 7) is 3.31. The highest BCUT2D eigenvalue weighted by Gasteiger charge is 2.25. The predicted molar refractivity (Wildman–Crippen MR) is 108 cm³/mol. The molecule has 0 radical (unpaired) electrons. The average molecular weight is 367 g/mol. The third-order valence-electron chi connectivity index (χ3n) is 5.42. The standard InChI is InChI=1S/C22H25ClN3/c1-26(13-7-2-3-8-14-26)16-21-24-20-12-11-18(23)15-19(20)22(25-21)17-9-5-4-6-10-17/h4-6,9-12,15H,2-3,7-8,13-14,16H2,1H3/q+1. The number of halogens is 1. The number of rotatable bonds is 3. The molecule has 0 atom stereocenters. The smallest absolute Gasteiger partial charge is 0.184 e. The molecule has 1 aliphatic rings. The lowest BCUT2D eigenvalue weighted by Crippen LogP contribution is -2.44. The summed E-state index contributed by atoms with van der Waals surface area (Å²) in [7, 11) is 2.35. The minimum Gasteiger partial charge on any atom is -0.320 e. The van der Waals surface area contributed by atoms with Gasteiger partial charge in [-0.2, -0.15) is 0 Å². The summed E-state index contributed by atoms with van der Waals surface area (Å²) in [6, 6.07) is 16.3. The number of fused-ring (bicyclic) bond motifs is 1. The molecule has 4 rings (SSSR count). The quantitative estimate of drug-likeness (QED) is 0.574. The Morgan fingerprint density at radius 1 is 0.923 bits per heavy atom. The van der Waals surface area contributed by atoms with Crippen molar-refractivity contribution in [1.29, 1.82) is 0 Å². The van der Waals surface area contributed by atoms with Gasteiger partial charge in [0.1, 0.15) is 6.54 Å². The Labute approximate surface area is 160 Å². The molecule has 1 aliphatic heterocycles. The fraction of sp³-hybridized carbons (Fsp3) is 0.364.